The van der Waals surface area contributed by atoms with Gasteiger partial charge in [-0.2, -0.15) is 0 Å². The van der Waals surface area contributed by atoms with Crippen molar-refractivity contribution >= 4 is 17.9 Å². The maximum Gasteiger partial charge on any atom is 0.306 e. The van der Waals surface area contributed by atoms with Crippen LogP contribution in [0.15, 0.2) is 170 Å². The molecule has 6 heteroatoms. The maximum absolute atomic E-state index is 12.8. The van der Waals surface area contributed by atoms with Crippen molar-refractivity contribution < 1.29 is 28.6 Å². The van der Waals surface area contributed by atoms with Crippen LogP contribution in [-0.4, -0.2) is 37.2 Å². The van der Waals surface area contributed by atoms with Crippen molar-refractivity contribution in [1.29, 1.82) is 0 Å². The molecule has 0 aromatic carbocycles. The average molecular weight is 1000 g/mol. The molecule has 0 radical (unpaired) electrons. The second-order valence-electron chi connectivity index (χ2n) is 18.0. The van der Waals surface area contributed by atoms with Gasteiger partial charge in [0.05, 0.1) is 0 Å². The standard InChI is InChI=1S/C67H102O6/c1-4-7-10-13-16-19-22-25-27-28-29-30-31-32-33-34-35-36-37-38-40-42-45-48-51-54-57-60-66(69)72-63-64(62-71-65(68)59-56-53-50-47-44-41-24-21-18-15-12-9-6-3)73-67(70)61-58-55-52-49-46-43-39-26-23-20-17-14-11-8-5-2/h7-12,16-21,25-27,29-30,32-33,35-36,38-41,44,46,49,64H,4-6,13-15,22-24,28,31,34,37,42-43,45,47-48,50-63H2,1-3H3/b10-7-,11-8-,12-9-,19-16-,20-17-,21-18-,27-25-,30-29-,33-32-,36-35-,39-26-,40-38-,44-41-,49-46-. The lowest BCUT2D eigenvalue weighted by atomic mass is 10.1. The zero-order valence-corrected chi connectivity index (χ0v) is 46.3. The number of hydrogen-bond donors (Lipinski definition) is 0. The Morgan fingerprint density at radius 1 is 0.274 bits per heavy atom. The van der Waals surface area contributed by atoms with Crippen molar-refractivity contribution in [2.75, 3.05) is 13.2 Å². The number of hydrogen-bond acceptors (Lipinski definition) is 6. The number of rotatable bonds is 49. The Balaban J connectivity index is 4.47. The monoisotopic (exact) mass is 1000 g/mol. The Bertz CT molecular complexity index is 1720. The molecule has 1 atom stereocenters. The number of carbonyl (C=O) groups excluding carboxylic acids is 3. The lowest BCUT2D eigenvalue weighted by Gasteiger charge is -2.18. The van der Waals surface area contributed by atoms with Crippen LogP contribution in [0.4, 0.5) is 0 Å². The molecule has 0 saturated heterocycles. The molecule has 0 bridgehead atoms. The van der Waals surface area contributed by atoms with E-state index in [4.69, 9.17) is 14.2 Å². The van der Waals surface area contributed by atoms with Crippen LogP contribution < -0.4 is 0 Å². The van der Waals surface area contributed by atoms with Crippen molar-refractivity contribution in [1.82, 2.24) is 0 Å². The van der Waals surface area contributed by atoms with Gasteiger partial charge in [0.25, 0.3) is 0 Å². The van der Waals surface area contributed by atoms with Crippen LogP contribution in [-0.2, 0) is 28.6 Å². The van der Waals surface area contributed by atoms with Gasteiger partial charge in [-0.25, -0.2) is 0 Å². The quantitative estimate of drug-likeness (QED) is 0.0261. The largest absolute Gasteiger partial charge is 0.462 e. The van der Waals surface area contributed by atoms with Crippen molar-refractivity contribution in [3.05, 3.63) is 170 Å². The van der Waals surface area contributed by atoms with Gasteiger partial charge in [0.1, 0.15) is 13.2 Å². The highest BCUT2D eigenvalue weighted by Gasteiger charge is 2.19. The lowest BCUT2D eigenvalue weighted by molar-refractivity contribution is -0.167. The second-order valence-corrected chi connectivity index (χ2v) is 18.0. The van der Waals surface area contributed by atoms with E-state index in [0.717, 1.165) is 167 Å². The maximum atomic E-state index is 12.8. The highest BCUT2D eigenvalue weighted by molar-refractivity contribution is 5.71. The SMILES string of the molecule is CC/C=C\C/C=C\C/C=C\C/C=C\C/C=C\C/C=C\C/C=C\CCCCCCCC(=O)OCC(COC(=O)CCCCC/C=C\C/C=C\C/C=C\CC)OC(=O)CCCC/C=C\C/C=C\C/C=C\C/C=C\CC. The summed E-state index contributed by atoms with van der Waals surface area (Å²) in [6.45, 7) is 6.19. The van der Waals surface area contributed by atoms with Gasteiger partial charge in [-0.1, -0.05) is 217 Å². The fourth-order valence-electron chi connectivity index (χ4n) is 7.01. The average Bonchev–Trinajstić information content (AvgIpc) is 3.39. The van der Waals surface area contributed by atoms with Crippen LogP contribution in [0.25, 0.3) is 0 Å². The molecule has 0 aromatic rings. The molecule has 406 valence electrons. The van der Waals surface area contributed by atoms with Crippen LogP contribution in [0.1, 0.15) is 213 Å². The topological polar surface area (TPSA) is 78.9 Å². The summed E-state index contributed by atoms with van der Waals surface area (Å²) in [5.74, 6) is -1.03. The minimum absolute atomic E-state index is 0.123. The molecule has 0 saturated carbocycles. The number of carbonyl (C=O) groups is 3. The smallest absolute Gasteiger partial charge is 0.306 e. The van der Waals surface area contributed by atoms with Crippen LogP contribution in [0.2, 0.25) is 0 Å². The molecule has 0 rings (SSSR count). The van der Waals surface area contributed by atoms with Gasteiger partial charge in [-0.05, 0) is 148 Å². The molecular weight excluding hydrogens is 901 g/mol. The highest BCUT2D eigenvalue weighted by atomic mass is 16.6. The molecule has 0 aliphatic heterocycles. The van der Waals surface area contributed by atoms with Crippen molar-refractivity contribution in [2.45, 2.75) is 219 Å². The summed E-state index contributed by atoms with van der Waals surface area (Å²) >= 11 is 0. The predicted molar refractivity (Wildman–Crippen MR) is 315 cm³/mol. The Morgan fingerprint density at radius 2 is 0.493 bits per heavy atom. The van der Waals surface area contributed by atoms with Gasteiger partial charge in [0.2, 0.25) is 0 Å². The Hall–Kier alpha value is -5.23. The third-order valence-corrected chi connectivity index (χ3v) is 11.2. The third-order valence-electron chi connectivity index (χ3n) is 11.2. The third kappa shape index (κ3) is 57.5. The summed E-state index contributed by atoms with van der Waals surface area (Å²) in [6.07, 6.45) is 87.8. The highest BCUT2D eigenvalue weighted by Crippen LogP contribution is 2.12. The number of esters is 3. The Kier molecular flexibility index (Phi) is 55.1. The molecule has 0 amide bonds. The number of ether oxygens (including phenoxy) is 3. The molecule has 6 nitrogen and oxygen atoms in total. The number of unbranched alkanes of at least 4 members (excludes halogenated alkanes) is 10. The van der Waals surface area contributed by atoms with E-state index in [1.54, 1.807) is 0 Å². The minimum atomic E-state index is -0.830. The molecule has 0 spiro atoms. The first-order valence-electron chi connectivity index (χ1n) is 28.6. The van der Waals surface area contributed by atoms with E-state index in [9.17, 15) is 14.4 Å². The minimum Gasteiger partial charge on any atom is -0.462 e. The van der Waals surface area contributed by atoms with Crippen LogP contribution in [0.5, 0.6) is 0 Å². The van der Waals surface area contributed by atoms with Gasteiger partial charge in [-0.15, -0.1) is 0 Å². The summed E-state index contributed by atoms with van der Waals surface area (Å²) in [6, 6.07) is 0. The first-order valence-corrected chi connectivity index (χ1v) is 28.6. The first kappa shape index (κ1) is 67.8. The molecular formula is C67H102O6. The molecule has 0 aromatic heterocycles. The van der Waals surface area contributed by atoms with Crippen molar-refractivity contribution in [2.24, 2.45) is 0 Å². The number of allylic oxidation sites excluding steroid dienone is 28. The van der Waals surface area contributed by atoms with Crippen LogP contribution >= 0.6 is 0 Å². The van der Waals surface area contributed by atoms with E-state index < -0.39 is 6.10 Å². The Morgan fingerprint density at radius 3 is 0.808 bits per heavy atom. The first-order chi connectivity index (χ1) is 36.0. The molecule has 1 unspecified atom stereocenters. The van der Waals surface area contributed by atoms with E-state index >= 15 is 0 Å². The van der Waals surface area contributed by atoms with Crippen LogP contribution in [0.3, 0.4) is 0 Å². The van der Waals surface area contributed by atoms with E-state index in [2.05, 4.69) is 191 Å². The Labute approximate surface area is 447 Å². The van der Waals surface area contributed by atoms with Crippen LogP contribution in [0, 0.1) is 0 Å². The summed E-state index contributed by atoms with van der Waals surface area (Å²) in [4.78, 5) is 38.1. The van der Waals surface area contributed by atoms with Gasteiger partial charge in [0, 0.05) is 19.3 Å². The zero-order chi connectivity index (χ0) is 52.9. The molecule has 0 aliphatic carbocycles. The summed E-state index contributed by atoms with van der Waals surface area (Å²) < 4.78 is 16.8. The van der Waals surface area contributed by atoms with Gasteiger partial charge in [-0.3, -0.25) is 14.4 Å². The zero-order valence-electron chi connectivity index (χ0n) is 46.3. The summed E-state index contributed by atoms with van der Waals surface area (Å²) in [7, 11) is 0. The lowest BCUT2D eigenvalue weighted by Crippen LogP contribution is -2.30. The van der Waals surface area contributed by atoms with Crippen molar-refractivity contribution in [3.8, 4) is 0 Å². The molecule has 0 heterocycles. The molecule has 0 fully saturated rings. The van der Waals surface area contributed by atoms with Gasteiger partial charge >= 0.3 is 17.9 Å². The summed E-state index contributed by atoms with van der Waals surface area (Å²) in [5.41, 5.74) is 0. The fourth-order valence-corrected chi connectivity index (χ4v) is 7.01. The molecule has 0 N–H and O–H groups in total. The van der Waals surface area contributed by atoms with E-state index in [1.165, 1.54) is 0 Å². The van der Waals surface area contributed by atoms with E-state index in [-0.39, 0.29) is 37.5 Å². The van der Waals surface area contributed by atoms with E-state index in [0.29, 0.717) is 19.3 Å². The van der Waals surface area contributed by atoms with Gasteiger partial charge < -0.3 is 14.2 Å². The van der Waals surface area contributed by atoms with Crippen molar-refractivity contribution in [3.63, 3.8) is 0 Å². The van der Waals surface area contributed by atoms with Gasteiger partial charge in [0.15, 0.2) is 6.10 Å². The molecule has 0 aliphatic rings. The summed E-state index contributed by atoms with van der Waals surface area (Å²) in [5, 5.41) is 0. The molecule has 73 heavy (non-hydrogen) atoms. The fraction of sp³-hybridized carbons (Fsp3) is 0.537. The normalized spacial score (nSPS) is 13.4. The van der Waals surface area contributed by atoms with E-state index in [1.807, 2.05) is 0 Å². The second kappa shape index (κ2) is 59.3. The predicted octanol–water partition coefficient (Wildman–Crippen LogP) is 19.5.